The molecule has 0 saturated carbocycles. The number of carbonyl (C=O) groups is 1. The Kier molecular flexibility index (Phi) is 5.95. The first-order valence-electron chi connectivity index (χ1n) is 10.8. The molecule has 1 N–H and O–H groups in total. The third kappa shape index (κ3) is 4.28. The molecule has 1 aliphatic heterocycles. The van der Waals surface area contributed by atoms with Gasteiger partial charge in [-0.05, 0) is 50.1 Å². The maximum atomic E-state index is 12.8. The van der Waals surface area contributed by atoms with Gasteiger partial charge in [-0.25, -0.2) is 4.98 Å². The molecule has 1 amide bonds. The number of rotatable bonds is 6. The number of ether oxygens (including phenoxy) is 1. The van der Waals surface area contributed by atoms with Crippen molar-refractivity contribution in [2.45, 2.75) is 32.9 Å². The molecule has 0 saturated heterocycles. The molecule has 32 heavy (non-hydrogen) atoms. The van der Waals surface area contributed by atoms with Crippen molar-refractivity contribution in [1.29, 1.82) is 0 Å². The summed E-state index contributed by atoms with van der Waals surface area (Å²) in [5, 5.41) is 4.98. The Morgan fingerprint density at radius 3 is 2.69 bits per heavy atom. The van der Waals surface area contributed by atoms with Crippen LogP contribution in [0.5, 0.6) is 5.75 Å². The van der Waals surface area contributed by atoms with Gasteiger partial charge in [-0.3, -0.25) is 9.69 Å². The summed E-state index contributed by atoms with van der Waals surface area (Å²) in [6.07, 6.45) is 0.964. The van der Waals surface area contributed by atoms with Crippen molar-refractivity contribution in [3.63, 3.8) is 0 Å². The lowest BCUT2D eigenvalue weighted by molar-refractivity contribution is -0.118. The Labute approximate surface area is 195 Å². The zero-order valence-corrected chi connectivity index (χ0v) is 19.8. The average molecular weight is 464 g/mol. The Bertz CT molecular complexity index is 1210. The highest BCUT2D eigenvalue weighted by Gasteiger charge is 2.28. The van der Waals surface area contributed by atoms with Crippen LogP contribution < -0.4 is 10.1 Å². The van der Waals surface area contributed by atoms with Crippen molar-refractivity contribution in [2.24, 2.45) is 0 Å². The van der Waals surface area contributed by atoms with E-state index in [1.807, 2.05) is 48.5 Å². The van der Waals surface area contributed by atoms with Crippen molar-refractivity contribution in [2.75, 3.05) is 18.5 Å². The summed E-state index contributed by atoms with van der Waals surface area (Å²) < 4.78 is 6.81. The van der Waals surface area contributed by atoms with Crippen molar-refractivity contribution in [3.8, 4) is 16.3 Å². The molecular formula is C25H25N3O2S2. The van der Waals surface area contributed by atoms with Crippen molar-refractivity contribution >= 4 is 43.8 Å². The number of amides is 1. The molecule has 0 bridgehead atoms. The first-order valence-corrected chi connectivity index (χ1v) is 12.4. The van der Waals surface area contributed by atoms with Crippen molar-refractivity contribution in [3.05, 3.63) is 65.0 Å². The summed E-state index contributed by atoms with van der Waals surface area (Å²) in [5.41, 5.74) is 3.41. The molecule has 164 valence electrons. The van der Waals surface area contributed by atoms with Crippen LogP contribution in [0.3, 0.4) is 0 Å². The number of para-hydroxylation sites is 2. The lowest BCUT2D eigenvalue weighted by Gasteiger charge is -2.30. The highest BCUT2D eigenvalue weighted by Crippen LogP contribution is 2.45. The number of nitrogens with zero attached hydrogens (tertiary/aromatic N) is 2. The molecule has 7 heteroatoms. The van der Waals surface area contributed by atoms with Gasteiger partial charge in [0, 0.05) is 29.6 Å². The largest absolute Gasteiger partial charge is 0.484 e. The normalized spacial score (nSPS) is 14.0. The van der Waals surface area contributed by atoms with Crippen molar-refractivity contribution < 1.29 is 9.53 Å². The SMILES string of the molecule is CC(C)N1CCc2c(sc(NC(=O)COc3ccccc3)c2-c2nc3ccccc3s2)C1. The van der Waals surface area contributed by atoms with E-state index >= 15 is 0 Å². The number of anilines is 1. The maximum Gasteiger partial charge on any atom is 0.262 e. The second-order valence-electron chi connectivity index (χ2n) is 8.16. The van der Waals surface area contributed by atoms with Gasteiger partial charge in [-0.1, -0.05) is 30.3 Å². The maximum absolute atomic E-state index is 12.8. The number of aromatic nitrogens is 1. The fourth-order valence-electron chi connectivity index (χ4n) is 3.99. The van der Waals surface area contributed by atoms with Crippen LogP contribution >= 0.6 is 22.7 Å². The average Bonchev–Trinajstić information content (AvgIpc) is 3.38. The Morgan fingerprint density at radius 2 is 1.91 bits per heavy atom. The zero-order chi connectivity index (χ0) is 22.1. The van der Waals surface area contributed by atoms with Gasteiger partial charge in [0.1, 0.15) is 15.8 Å². The van der Waals surface area contributed by atoms with Crippen LogP contribution in [0.4, 0.5) is 5.00 Å². The van der Waals surface area contributed by atoms with Gasteiger partial charge in [-0.15, -0.1) is 22.7 Å². The molecule has 0 fully saturated rings. The van der Waals surface area contributed by atoms with Crippen LogP contribution in [0.15, 0.2) is 54.6 Å². The van der Waals surface area contributed by atoms with Gasteiger partial charge < -0.3 is 10.1 Å². The van der Waals surface area contributed by atoms with Crippen LogP contribution in [-0.2, 0) is 17.8 Å². The molecule has 1 aliphatic rings. The lowest BCUT2D eigenvalue weighted by Crippen LogP contribution is -2.35. The second-order valence-corrected chi connectivity index (χ2v) is 10.3. The number of hydrogen-bond donors (Lipinski definition) is 1. The van der Waals surface area contributed by atoms with Crippen LogP contribution in [-0.4, -0.2) is 35.0 Å². The summed E-state index contributed by atoms with van der Waals surface area (Å²) >= 11 is 3.36. The van der Waals surface area contributed by atoms with Crippen LogP contribution in [0, 0.1) is 0 Å². The highest BCUT2D eigenvalue weighted by molar-refractivity contribution is 7.22. The van der Waals surface area contributed by atoms with Gasteiger partial charge in [0.15, 0.2) is 6.61 Å². The van der Waals surface area contributed by atoms with Gasteiger partial charge >= 0.3 is 0 Å². The highest BCUT2D eigenvalue weighted by atomic mass is 32.1. The molecule has 3 heterocycles. The third-order valence-electron chi connectivity index (χ3n) is 5.69. The standard InChI is InChI=1S/C25H25N3O2S2/c1-16(2)28-13-12-18-21(14-28)32-25(27-22(29)15-30-17-8-4-3-5-9-17)23(18)24-26-19-10-6-7-11-20(19)31-24/h3-11,16H,12-15H2,1-2H3,(H,27,29). The fraction of sp³-hybridized carbons (Fsp3) is 0.280. The molecule has 0 unspecified atom stereocenters. The summed E-state index contributed by atoms with van der Waals surface area (Å²) in [4.78, 5) is 21.5. The van der Waals surface area contributed by atoms with E-state index in [1.165, 1.54) is 10.4 Å². The molecule has 0 spiro atoms. The summed E-state index contributed by atoms with van der Waals surface area (Å²) in [6, 6.07) is 18.1. The number of nitrogens with one attached hydrogen (secondary N) is 1. The molecule has 2 aromatic carbocycles. The number of fused-ring (bicyclic) bond motifs is 2. The van der Waals surface area contributed by atoms with E-state index in [9.17, 15) is 4.79 Å². The molecule has 0 atom stereocenters. The predicted octanol–water partition coefficient (Wildman–Crippen LogP) is 5.81. The van der Waals surface area contributed by atoms with E-state index in [4.69, 9.17) is 9.72 Å². The van der Waals surface area contributed by atoms with Crippen molar-refractivity contribution in [1.82, 2.24) is 9.88 Å². The molecule has 5 rings (SSSR count). The van der Waals surface area contributed by atoms with E-state index in [2.05, 4.69) is 30.1 Å². The number of hydrogen-bond acceptors (Lipinski definition) is 6. The zero-order valence-electron chi connectivity index (χ0n) is 18.1. The first-order chi connectivity index (χ1) is 15.6. The Morgan fingerprint density at radius 1 is 1.12 bits per heavy atom. The minimum atomic E-state index is -0.157. The molecule has 0 aliphatic carbocycles. The van der Waals surface area contributed by atoms with Crippen LogP contribution in [0.2, 0.25) is 0 Å². The lowest BCUT2D eigenvalue weighted by atomic mass is 10.0. The third-order valence-corrected chi connectivity index (χ3v) is 7.88. The van der Waals surface area contributed by atoms with Gasteiger partial charge in [-0.2, -0.15) is 0 Å². The monoisotopic (exact) mass is 463 g/mol. The van der Waals surface area contributed by atoms with Gasteiger partial charge in [0.25, 0.3) is 5.91 Å². The van der Waals surface area contributed by atoms with E-state index in [1.54, 1.807) is 22.7 Å². The summed E-state index contributed by atoms with van der Waals surface area (Å²) in [5.74, 6) is 0.530. The number of benzene rings is 2. The second kappa shape index (κ2) is 9.02. The summed E-state index contributed by atoms with van der Waals surface area (Å²) in [6.45, 7) is 6.37. The summed E-state index contributed by atoms with van der Waals surface area (Å²) in [7, 11) is 0. The van der Waals surface area contributed by atoms with Crippen LogP contribution in [0.25, 0.3) is 20.8 Å². The smallest absolute Gasteiger partial charge is 0.262 e. The van der Waals surface area contributed by atoms with Gasteiger partial charge in [0.2, 0.25) is 0 Å². The van der Waals surface area contributed by atoms with Gasteiger partial charge in [0.05, 0.1) is 10.2 Å². The van der Waals surface area contributed by atoms with E-state index in [0.29, 0.717) is 11.8 Å². The molecule has 2 aromatic heterocycles. The fourth-order valence-corrected chi connectivity index (χ4v) is 6.39. The van der Waals surface area contributed by atoms with E-state index in [0.717, 1.165) is 45.3 Å². The van der Waals surface area contributed by atoms with E-state index in [-0.39, 0.29) is 12.5 Å². The topological polar surface area (TPSA) is 54.5 Å². The minimum absolute atomic E-state index is 0.0238. The number of carbonyl (C=O) groups excluding carboxylic acids is 1. The van der Waals surface area contributed by atoms with Crippen LogP contribution in [0.1, 0.15) is 24.3 Å². The number of thiazole rings is 1. The quantitative estimate of drug-likeness (QED) is 0.392. The Hall–Kier alpha value is -2.74. The first kappa shape index (κ1) is 21.1. The molecule has 4 aromatic rings. The molecular weight excluding hydrogens is 438 g/mol. The number of thiophene rings is 1. The minimum Gasteiger partial charge on any atom is -0.484 e. The Balaban J connectivity index is 1.46. The molecule has 0 radical (unpaired) electrons. The van der Waals surface area contributed by atoms with E-state index < -0.39 is 0 Å². The predicted molar refractivity (Wildman–Crippen MR) is 133 cm³/mol. The molecule has 5 nitrogen and oxygen atoms in total.